The highest BCUT2D eigenvalue weighted by Gasteiger charge is 2.76. The number of Topliss-reactive ketones (excluding diaryl/α,β-unsaturated/α-hetero) is 2. The molecule has 0 radical (unpaired) electrons. The number of nitrogens with zero attached hydrogens (tertiary/aromatic N) is 1. The number of ether oxygens (including phenoxy) is 1. The minimum atomic E-state index is -1.28. The Morgan fingerprint density at radius 1 is 1.47 bits per heavy atom. The zero-order valence-electron chi connectivity index (χ0n) is 9.14. The van der Waals surface area contributed by atoms with Gasteiger partial charge in [0.1, 0.15) is 17.6 Å². The minimum absolute atomic E-state index is 0.169. The molecule has 0 unspecified atom stereocenters. The Hall–Kier alpha value is -2.15. The second-order valence-electron chi connectivity index (χ2n) is 4.43. The van der Waals surface area contributed by atoms with E-state index < -0.39 is 17.4 Å². The lowest BCUT2D eigenvalue weighted by molar-refractivity contribution is -0.119. The lowest BCUT2D eigenvalue weighted by Gasteiger charge is -2.18. The van der Waals surface area contributed by atoms with Crippen molar-refractivity contribution in [1.82, 2.24) is 0 Å². The zero-order chi connectivity index (χ0) is 12.2. The van der Waals surface area contributed by atoms with Gasteiger partial charge in [0.2, 0.25) is 0 Å². The van der Waals surface area contributed by atoms with Crippen LogP contribution in [0.5, 0.6) is 5.75 Å². The minimum Gasteiger partial charge on any atom is -0.487 e. The number of ketones is 2. The summed E-state index contributed by atoms with van der Waals surface area (Å²) in [5.74, 6) is -0.603. The molecule has 0 N–H and O–H groups in total. The number of nitriles is 1. The molecule has 3 atom stereocenters. The Bertz CT molecular complexity index is 587. The summed E-state index contributed by atoms with van der Waals surface area (Å²) in [6.07, 6.45) is -0.604. The summed E-state index contributed by atoms with van der Waals surface area (Å²) < 4.78 is 5.58. The van der Waals surface area contributed by atoms with Gasteiger partial charge in [-0.1, -0.05) is 12.1 Å². The first-order valence-electron chi connectivity index (χ1n) is 5.35. The van der Waals surface area contributed by atoms with E-state index in [1.807, 2.05) is 6.07 Å². The summed E-state index contributed by atoms with van der Waals surface area (Å²) in [6, 6.07) is 8.77. The molecule has 1 aliphatic heterocycles. The van der Waals surface area contributed by atoms with E-state index in [0.29, 0.717) is 11.3 Å². The first-order valence-corrected chi connectivity index (χ1v) is 5.35. The van der Waals surface area contributed by atoms with E-state index in [2.05, 4.69) is 0 Å². The molecule has 1 aromatic carbocycles. The fourth-order valence-corrected chi connectivity index (χ4v) is 2.62. The molecule has 1 heterocycles. The van der Waals surface area contributed by atoms with Crippen LogP contribution in [0.2, 0.25) is 0 Å². The molecular formula is C13H9NO3. The Labute approximate surface area is 97.8 Å². The Morgan fingerprint density at radius 2 is 2.18 bits per heavy atom. The molecule has 1 fully saturated rings. The molecule has 0 aromatic heterocycles. The van der Waals surface area contributed by atoms with Crippen molar-refractivity contribution in [2.45, 2.75) is 13.0 Å². The summed E-state index contributed by atoms with van der Waals surface area (Å²) in [4.78, 5) is 23.7. The molecule has 4 nitrogen and oxygen atoms in total. The van der Waals surface area contributed by atoms with Gasteiger partial charge in [0.25, 0.3) is 0 Å². The quantitative estimate of drug-likeness (QED) is 0.726. The van der Waals surface area contributed by atoms with E-state index in [4.69, 9.17) is 4.74 Å². The Balaban J connectivity index is 2.14. The molecule has 0 spiro atoms. The topological polar surface area (TPSA) is 67.2 Å². The van der Waals surface area contributed by atoms with Gasteiger partial charge in [-0.25, -0.2) is 0 Å². The van der Waals surface area contributed by atoms with Gasteiger partial charge >= 0.3 is 0 Å². The number of fused-ring (bicyclic) bond motifs is 2. The fourth-order valence-electron chi connectivity index (χ4n) is 2.62. The first kappa shape index (κ1) is 10.0. The monoisotopic (exact) mass is 227 g/mol. The average Bonchev–Trinajstić information content (AvgIpc) is 2.99. The SMILES string of the molecule is CC(=O)[C@@H]1[C@H]2Oc3ccccc3C(=O)[C@]21C#N. The van der Waals surface area contributed by atoms with Crippen molar-refractivity contribution < 1.29 is 14.3 Å². The van der Waals surface area contributed by atoms with E-state index in [1.165, 1.54) is 6.92 Å². The van der Waals surface area contributed by atoms with Crippen LogP contribution in [0.4, 0.5) is 0 Å². The Kier molecular flexibility index (Phi) is 1.74. The van der Waals surface area contributed by atoms with Crippen molar-refractivity contribution in [3.05, 3.63) is 29.8 Å². The summed E-state index contributed by atoms with van der Waals surface area (Å²) in [5.41, 5.74) is -0.880. The third kappa shape index (κ3) is 1.01. The predicted molar refractivity (Wildman–Crippen MR) is 57.4 cm³/mol. The lowest BCUT2D eigenvalue weighted by Crippen LogP contribution is -2.27. The second-order valence-corrected chi connectivity index (χ2v) is 4.43. The highest BCUT2D eigenvalue weighted by atomic mass is 16.5. The normalized spacial score (nSPS) is 32.8. The zero-order valence-corrected chi connectivity index (χ0v) is 9.14. The van der Waals surface area contributed by atoms with E-state index in [-0.39, 0.29) is 11.6 Å². The van der Waals surface area contributed by atoms with Gasteiger partial charge in [-0.2, -0.15) is 5.26 Å². The van der Waals surface area contributed by atoms with Crippen LogP contribution in [0, 0.1) is 22.7 Å². The van der Waals surface area contributed by atoms with E-state index in [0.717, 1.165) is 0 Å². The number of para-hydroxylation sites is 1. The van der Waals surface area contributed by atoms with Crippen molar-refractivity contribution in [3.8, 4) is 11.8 Å². The maximum absolute atomic E-state index is 12.3. The van der Waals surface area contributed by atoms with Crippen LogP contribution in [-0.2, 0) is 4.79 Å². The third-order valence-electron chi connectivity index (χ3n) is 3.52. The summed E-state index contributed by atoms with van der Waals surface area (Å²) in [7, 11) is 0. The summed E-state index contributed by atoms with van der Waals surface area (Å²) >= 11 is 0. The molecule has 3 rings (SSSR count). The molecule has 1 saturated carbocycles. The molecule has 2 aliphatic rings. The van der Waals surface area contributed by atoms with Crippen molar-refractivity contribution in [1.29, 1.82) is 5.26 Å². The largest absolute Gasteiger partial charge is 0.487 e. The van der Waals surface area contributed by atoms with Crippen molar-refractivity contribution in [2.24, 2.45) is 11.3 Å². The van der Waals surface area contributed by atoms with Crippen LogP contribution < -0.4 is 4.74 Å². The average molecular weight is 227 g/mol. The van der Waals surface area contributed by atoms with Crippen LogP contribution in [-0.4, -0.2) is 17.7 Å². The van der Waals surface area contributed by atoms with Crippen molar-refractivity contribution in [3.63, 3.8) is 0 Å². The standard InChI is InChI=1S/C13H9NO3/c1-7(15)10-12-13(10,6-14)11(16)8-4-2-3-5-9(8)17-12/h2-5,10,12H,1H3/t10-,12-,13-/m1/s1. The smallest absolute Gasteiger partial charge is 0.191 e. The van der Waals surface area contributed by atoms with E-state index in [1.54, 1.807) is 24.3 Å². The molecule has 4 heteroatoms. The molecule has 0 saturated heterocycles. The van der Waals surface area contributed by atoms with Gasteiger partial charge in [-0.05, 0) is 19.1 Å². The highest BCUT2D eigenvalue weighted by Crippen LogP contribution is 2.60. The van der Waals surface area contributed by atoms with Crippen LogP contribution in [0.3, 0.4) is 0 Å². The number of hydrogen-bond acceptors (Lipinski definition) is 4. The van der Waals surface area contributed by atoms with E-state index >= 15 is 0 Å². The summed E-state index contributed by atoms with van der Waals surface area (Å²) in [5, 5.41) is 9.20. The molecule has 0 amide bonds. The van der Waals surface area contributed by atoms with Gasteiger partial charge in [0, 0.05) is 0 Å². The van der Waals surface area contributed by atoms with Gasteiger partial charge in [0.15, 0.2) is 11.2 Å². The number of hydrogen-bond donors (Lipinski definition) is 0. The maximum atomic E-state index is 12.3. The van der Waals surface area contributed by atoms with E-state index in [9.17, 15) is 14.9 Å². The molecule has 84 valence electrons. The number of carbonyl (C=O) groups is 2. The highest BCUT2D eigenvalue weighted by molar-refractivity contribution is 6.12. The molecule has 1 aliphatic carbocycles. The molecule has 0 bridgehead atoms. The van der Waals surface area contributed by atoms with Crippen molar-refractivity contribution in [2.75, 3.05) is 0 Å². The Morgan fingerprint density at radius 3 is 2.82 bits per heavy atom. The lowest BCUT2D eigenvalue weighted by atomic mass is 9.91. The first-order chi connectivity index (χ1) is 8.13. The molecule has 17 heavy (non-hydrogen) atoms. The maximum Gasteiger partial charge on any atom is 0.191 e. The van der Waals surface area contributed by atoms with Crippen LogP contribution in [0.1, 0.15) is 17.3 Å². The van der Waals surface area contributed by atoms with Crippen LogP contribution >= 0.6 is 0 Å². The fraction of sp³-hybridized carbons (Fsp3) is 0.308. The third-order valence-corrected chi connectivity index (χ3v) is 3.52. The summed E-state index contributed by atoms with van der Waals surface area (Å²) in [6.45, 7) is 1.39. The number of carbonyl (C=O) groups excluding carboxylic acids is 2. The van der Waals surface area contributed by atoms with Gasteiger partial charge in [-0.3, -0.25) is 9.59 Å². The number of benzene rings is 1. The second kappa shape index (κ2) is 2.95. The number of rotatable bonds is 1. The predicted octanol–water partition coefficient (Wildman–Crippen LogP) is 1.36. The van der Waals surface area contributed by atoms with Gasteiger partial charge in [0.05, 0.1) is 17.6 Å². The van der Waals surface area contributed by atoms with Crippen molar-refractivity contribution >= 4 is 11.6 Å². The van der Waals surface area contributed by atoms with Gasteiger partial charge < -0.3 is 4.74 Å². The molecular weight excluding hydrogens is 218 g/mol. The van der Waals surface area contributed by atoms with Crippen LogP contribution in [0.15, 0.2) is 24.3 Å². The van der Waals surface area contributed by atoms with Crippen LogP contribution in [0.25, 0.3) is 0 Å². The molecule has 1 aromatic rings. The van der Waals surface area contributed by atoms with Gasteiger partial charge in [-0.15, -0.1) is 0 Å².